The van der Waals surface area contributed by atoms with E-state index in [0.717, 1.165) is 31.2 Å². The molecule has 1 unspecified atom stereocenters. The Bertz CT molecular complexity index is 670. The Morgan fingerprint density at radius 2 is 2.12 bits per heavy atom. The number of rotatable bonds is 6. The quantitative estimate of drug-likeness (QED) is 0.884. The minimum absolute atomic E-state index is 0.197. The van der Waals surface area contributed by atoms with E-state index >= 15 is 0 Å². The van der Waals surface area contributed by atoms with Crippen molar-refractivity contribution in [2.24, 2.45) is 0 Å². The van der Waals surface area contributed by atoms with Gasteiger partial charge in [-0.15, -0.1) is 0 Å². The monoisotopic (exact) mass is 330 g/mol. The van der Waals surface area contributed by atoms with Gasteiger partial charge in [-0.25, -0.2) is 4.98 Å². The molecule has 0 aliphatic carbocycles. The molecule has 24 heavy (non-hydrogen) atoms. The average Bonchev–Trinajstić information content (AvgIpc) is 3.29. The molecule has 3 heterocycles. The molecular formula is C18H26N4O2. The summed E-state index contributed by atoms with van der Waals surface area (Å²) in [5, 5.41) is 2.88. The Hall–Kier alpha value is -2.08. The van der Waals surface area contributed by atoms with E-state index in [0.29, 0.717) is 12.3 Å². The first-order chi connectivity index (χ1) is 11.7. The number of imidazole rings is 1. The van der Waals surface area contributed by atoms with Crippen LogP contribution < -0.4 is 5.32 Å². The number of carbonyl (C=O) groups excluding carboxylic acids is 1. The molecule has 1 atom stereocenters. The van der Waals surface area contributed by atoms with Crippen molar-refractivity contribution < 1.29 is 9.21 Å². The molecule has 130 valence electrons. The van der Waals surface area contributed by atoms with Crippen LogP contribution in [0.1, 0.15) is 61.3 Å². The van der Waals surface area contributed by atoms with Crippen molar-refractivity contribution in [1.29, 1.82) is 0 Å². The van der Waals surface area contributed by atoms with Gasteiger partial charge in [0.25, 0.3) is 5.91 Å². The van der Waals surface area contributed by atoms with E-state index < -0.39 is 0 Å². The fourth-order valence-corrected chi connectivity index (χ4v) is 3.23. The highest BCUT2D eigenvalue weighted by Crippen LogP contribution is 2.25. The Kier molecular flexibility index (Phi) is 5.35. The maximum atomic E-state index is 12.3. The number of nitrogens with one attached hydrogen (secondary N) is 1. The molecule has 0 saturated carbocycles. The van der Waals surface area contributed by atoms with Gasteiger partial charge in [-0.3, -0.25) is 9.69 Å². The van der Waals surface area contributed by atoms with Crippen LogP contribution in [0.2, 0.25) is 0 Å². The normalized spacial score (nSPS) is 16.9. The summed E-state index contributed by atoms with van der Waals surface area (Å²) >= 11 is 0. The first-order valence-electron chi connectivity index (χ1n) is 8.81. The second kappa shape index (κ2) is 7.66. The fraction of sp³-hybridized carbons (Fsp3) is 0.556. The highest BCUT2D eigenvalue weighted by atomic mass is 16.4. The molecule has 0 aromatic carbocycles. The van der Waals surface area contributed by atoms with E-state index in [1.165, 1.54) is 19.3 Å². The van der Waals surface area contributed by atoms with Crippen LogP contribution in [-0.4, -0.2) is 33.4 Å². The minimum Gasteiger partial charge on any atom is -0.454 e. The van der Waals surface area contributed by atoms with Gasteiger partial charge in [0, 0.05) is 18.9 Å². The van der Waals surface area contributed by atoms with Gasteiger partial charge in [0.15, 0.2) is 5.76 Å². The number of nitrogens with zero attached hydrogens (tertiary/aromatic N) is 3. The number of piperidine rings is 1. The van der Waals surface area contributed by atoms with Crippen LogP contribution >= 0.6 is 0 Å². The topological polar surface area (TPSA) is 63.3 Å². The number of amides is 1. The van der Waals surface area contributed by atoms with Crippen LogP contribution in [0.4, 0.5) is 0 Å². The van der Waals surface area contributed by atoms with E-state index in [2.05, 4.69) is 22.1 Å². The number of carbonyl (C=O) groups is 1. The smallest absolute Gasteiger partial charge is 0.287 e. The van der Waals surface area contributed by atoms with Gasteiger partial charge in [-0.05, 0) is 51.9 Å². The Morgan fingerprint density at radius 1 is 1.33 bits per heavy atom. The molecule has 1 N–H and O–H groups in total. The predicted octanol–water partition coefficient (Wildman–Crippen LogP) is 2.97. The van der Waals surface area contributed by atoms with Crippen LogP contribution in [0, 0.1) is 0 Å². The average molecular weight is 330 g/mol. The molecule has 0 bridgehead atoms. The third kappa shape index (κ3) is 3.70. The standard InChI is InChI=1S/C18H26N4O2/c1-3-21-12-9-19-17(21)13-20-18(23)16-8-7-15(24-16)14(2)22-10-5-4-6-11-22/h7-9,12,14H,3-6,10-11,13H2,1-2H3,(H,20,23). The number of furan rings is 1. The summed E-state index contributed by atoms with van der Waals surface area (Å²) in [6.45, 7) is 7.63. The number of aromatic nitrogens is 2. The van der Waals surface area contributed by atoms with E-state index in [1.807, 2.05) is 23.8 Å². The summed E-state index contributed by atoms with van der Waals surface area (Å²) in [5.74, 6) is 1.87. The predicted molar refractivity (Wildman–Crippen MR) is 91.6 cm³/mol. The zero-order valence-corrected chi connectivity index (χ0v) is 14.5. The van der Waals surface area contributed by atoms with Gasteiger partial charge >= 0.3 is 0 Å². The van der Waals surface area contributed by atoms with Crippen LogP contribution in [-0.2, 0) is 13.1 Å². The van der Waals surface area contributed by atoms with Gasteiger partial charge in [0.05, 0.1) is 12.6 Å². The van der Waals surface area contributed by atoms with Crippen molar-refractivity contribution >= 4 is 5.91 Å². The van der Waals surface area contributed by atoms with Gasteiger partial charge < -0.3 is 14.3 Å². The molecule has 1 amide bonds. The van der Waals surface area contributed by atoms with Gasteiger partial charge in [-0.1, -0.05) is 6.42 Å². The highest BCUT2D eigenvalue weighted by Gasteiger charge is 2.22. The maximum absolute atomic E-state index is 12.3. The van der Waals surface area contributed by atoms with Crippen molar-refractivity contribution in [2.75, 3.05) is 13.1 Å². The molecule has 2 aromatic heterocycles. The minimum atomic E-state index is -0.197. The molecule has 1 aliphatic rings. The highest BCUT2D eigenvalue weighted by molar-refractivity contribution is 5.91. The molecule has 1 aliphatic heterocycles. The Labute approximate surface area is 142 Å². The summed E-state index contributed by atoms with van der Waals surface area (Å²) in [5.41, 5.74) is 0. The van der Waals surface area contributed by atoms with Crippen LogP contribution in [0.3, 0.4) is 0 Å². The maximum Gasteiger partial charge on any atom is 0.287 e. The van der Waals surface area contributed by atoms with Crippen LogP contribution in [0.25, 0.3) is 0 Å². The Morgan fingerprint density at radius 3 is 2.88 bits per heavy atom. The van der Waals surface area contributed by atoms with Crippen LogP contribution in [0.5, 0.6) is 0 Å². The fourth-order valence-electron chi connectivity index (χ4n) is 3.23. The largest absolute Gasteiger partial charge is 0.454 e. The summed E-state index contributed by atoms with van der Waals surface area (Å²) in [6, 6.07) is 3.89. The molecule has 6 nitrogen and oxygen atoms in total. The van der Waals surface area contributed by atoms with Crippen molar-refractivity contribution in [3.8, 4) is 0 Å². The summed E-state index contributed by atoms with van der Waals surface area (Å²) in [6.07, 6.45) is 7.44. The number of aryl methyl sites for hydroxylation is 1. The van der Waals surface area contributed by atoms with Gasteiger partial charge in [-0.2, -0.15) is 0 Å². The van der Waals surface area contributed by atoms with Crippen molar-refractivity contribution in [3.63, 3.8) is 0 Å². The molecule has 1 saturated heterocycles. The molecule has 0 radical (unpaired) electrons. The number of hydrogen-bond donors (Lipinski definition) is 1. The van der Waals surface area contributed by atoms with E-state index in [9.17, 15) is 4.79 Å². The first-order valence-corrected chi connectivity index (χ1v) is 8.81. The molecule has 6 heteroatoms. The van der Waals surface area contributed by atoms with E-state index in [1.54, 1.807) is 12.3 Å². The van der Waals surface area contributed by atoms with E-state index in [4.69, 9.17) is 4.42 Å². The second-order valence-corrected chi connectivity index (χ2v) is 6.29. The third-order valence-electron chi connectivity index (χ3n) is 4.75. The zero-order valence-electron chi connectivity index (χ0n) is 14.5. The van der Waals surface area contributed by atoms with Gasteiger partial charge in [0.2, 0.25) is 0 Å². The van der Waals surface area contributed by atoms with Crippen molar-refractivity contribution in [1.82, 2.24) is 19.8 Å². The summed E-state index contributed by atoms with van der Waals surface area (Å²) in [4.78, 5) is 19.0. The lowest BCUT2D eigenvalue weighted by Crippen LogP contribution is -2.32. The summed E-state index contributed by atoms with van der Waals surface area (Å²) in [7, 11) is 0. The second-order valence-electron chi connectivity index (χ2n) is 6.29. The zero-order chi connectivity index (χ0) is 16.9. The summed E-state index contributed by atoms with van der Waals surface area (Å²) < 4.78 is 7.81. The van der Waals surface area contributed by atoms with Crippen molar-refractivity contribution in [2.45, 2.75) is 52.2 Å². The Balaban J connectivity index is 1.59. The lowest BCUT2D eigenvalue weighted by molar-refractivity contribution is 0.0912. The third-order valence-corrected chi connectivity index (χ3v) is 4.75. The van der Waals surface area contributed by atoms with Gasteiger partial charge in [0.1, 0.15) is 11.6 Å². The van der Waals surface area contributed by atoms with E-state index in [-0.39, 0.29) is 11.9 Å². The number of likely N-dealkylation sites (tertiary alicyclic amines) is 1. The van der Waals surface area contributed by atoms with Crippen molar-refractivity contribution in [3.05, 3.63) is 41.9 Å². The SMILES string of the molecule is CCn1ccnc1CNC(=O)c1ccc(C(C)N2CCCCC2)o1. The molecular weight excluding hydrogens is 304 g/mol. The molecule has 3 rings (SSSR count). The lowest BCUT2D eigenvalue weighted by Gasteiger charge is -2.31. The molecule has 0 spiro atoms. The molecule has 2 aromatic rings. The first kappa shape index (κ1) is 16.8. The lowest BCUT2D eigenvalue weighted by atomic mass is 10.1. The number of hydrogen-bond acceptors (Lipinski definition) is 4. The van der Waals surface area contributed by atoms with Crippen LogP contribution in [0.15, 0.2) is 28.9 Å². The molecule has 1 fully saturated rings.